The van der Waals surface area contributed by atoms with E-state index in [0.29, 0.717) is 0 Å². The summed E-state index contributed by atoms with van der Waals surface area (Å²) in [6.45, 7) is -0.550. The van der Waals surface area contributed by atoms with Crippen LogP contribution in [-0.2, 0) is 0 Å². The number of phenolic OH excluding ortho intramolecular Hbond substituents is 2. The molecular weight excluding hydrogens is 398 g/mol. The molecule has 1 atom stereocenters. The number of aliphatic hydroxyl groups excluding tert-OH is 1. The lowest BCUT2D eigenvalue weighted by atomic mass is 9.97. The third-order valence-corrected chi connectivity index (χ3v) is 4.19. The number of rotatable bonds is 8. The number of nitrogens with one attached hydrogen (secondary N) is 1. The fraction of sp³-hybridized carbons (Fsp3) is 0.158. The highest BCUT2D eigenvalue weighted by Gasteiger charge is 2.23. The number of aromatic hydroxyl groups is 2. The number of aromatic nitrogens is 1. The average molecular weight is 415 g/mol. The number of amides is 1. The van der Waals surface area contributed by atoms with E-state index in [-0.39, 0.29) is 46.5 Å². The van der Waals surface area contributed by atoms with E-state index in [2.05, 4.69) is 15.0 Å². The SMILES string of the molecule is O=C(NCC(CO)c1c(O)cc(O)cc1Oc1ccc([N+](=O)[O-])cc1)c1ccon1. The Kier molecular flexibility index (Phi) is 6.13. The van der Waals surface area contributed by atoms with Crippen LogP contribution in [0.2, 0.25) is 0 Å². The van der Waals surface area contributed by atoms with Gasteiger partial charge in [0.05, 0.1) is 11.5 Å². The van der Waals surface area contributed by atoms with E-state index in [9.17, 15) is 30.2 Å². The van der Waals surface area contributed by atoms with Crippen LogP contribution in [0.5, 0.6) is 23.0 Å². The van der Waals surface area contributed by atoms with E-state index in [1.807, 2.05) is 0 Å². The summed E-state index contributed by atoms with van der Waals surface area (Å²) in [5.74, 6) is -1.78. The molecule has 11 heteroatoms. The summed E-state index contributed by atoms with van der Waals surface area (Å²) in [5, 5.41) is 46.8. The molecule has 4 N–H and O–H groups in total. The smallest absolute Gasteiger partial charge is 0.273 e. The molecule has 1 aromatic heterocycles. The van der Waals surface area contributed by atoms with Crippen LogP contribution in [0.1, 0.15) is 22.0 Å². The average Bonchev–Trinajstić information content (AvgIpc) is 3.25. The first kappa shape index (κ1) is 20.6. The number of nitrogens with zero attached hydrogens (tertiary/aromatic N) is 2. The van der Waals surface area contributed by atoms with Crippen molar-refractivity contribution in [3.05, 3.63) is 70.1 Å². The lowest BCUT2D eigenvalue weighted by molar-refractivity contribution is -0.384. The summed E-state index contributed by atoms with van der Waals surface area (Å²) >= 11 is 0. The van der Waals surface area contributed by atoms with Gasteiger partial charge >= 0.3 is 0 Å². The normalized spacial score (nSPS) is 11.6. The van der Waals surface area contributed by atoms with Crippen LogP contribution in [0, 0.1) is 10.1 Å². The summed E-state index contributed by atoms with van der Waals surface area (Å²) in [6.07, 6.45) is 1.24. The molecule has 1 heterocycles. The maximum absolute atomic E-state index is 12.1. The van der Waals surface area contributed by atoms with Crippen LogP contribution >= 0.6 is 0 Å². The van der Waals surface area contributed by atoms with E-state index in [1.54, 1.807) is 0 Å². The minimum Gasteiger partial charge on any atom is -0.508 e. The third kappa shape index (κ3) is 4.64. The lowest BCUT2D eigenvalue weighted by Crippen LogP contribution is -2.30. The topological polar surface area (TPSA) is 168 Å². The third-order valence-electron chi connectivity index (χ3n) is 4.19. The second-order valence-electron chi connectivity index (χ2n) is 6.20. The number of carbonyl (C=O) groups excluding carboxylic acids is 1. The van der Waals surface area contributed by atoms with E-state index in [4.69, 9.17) is 4.74 Å². The highest BCUT2D eigenvalue weighted by molar-refractivity contribution is 5.92. The molecule has 2 aromatic carbocycles. The number of aliphatic hydroxyl groups is 1. The van der Waals surface area contributed by atoms with Gasteiger partial charge in [-0.15, -0.1) is 0 Å². The molecule has 30 heavy (non-hydrogen) atoms. The standard InChI is InChI=1S/C19H17N3O8/c23-10-11(9-20-19(26)15-5-6-29-21-15)18-16(25)7-13(24)8-17(18)30-14-3-1-12(2-4-14)22(27)28/h1-8,11,23-25H,9-10H2,(H,20,26). The Balaban J connectivity index is 1.85. The van der Waals surface area contributed by atoms with Crippen molar-refractivity contribution < 1.29 is 34.3 Å². The molecule has 0 bridgehead atoms. The molecular formula is C19H17N3O8. The van der Waals surface area contributed by atoms with E-state index in [0.717, 1.165) is 6.07 Å². The molecule has 156 valence electrons. The predicted octanol–water partition coefficient (Wildman–Crippen LogP) is 2.29. The van der Waals surface area contributed by atoms with Gasteiger partial charge in [0.2, 0.25) is 0 Å². The zero-order valence-electron chi connectivity index (χ0n) is 15.4. The molecule has 3 rings (SSSR count). The number of hydrogen-bond acceptors (Lipinski definition) is 9. The molecule has 0 aliphatic heterocycles. The van der Waals surface area contributed by atoms with Gasteiger partial charge in [0.1, 0.15) is 29.3 Å². The van der Waals surface area contributed by atoms with Gasteiger partial charge in [0.25, 0.3) is 11.6 Å². The van der Waals surface area contributed by atoms with Gasteiger partial charge in [0.15, 0.2) is 5.69 Å². The minimum atomic E-state index is -0.797. The Morgan fingerprint density at radius 3 is 2.57 bits per heavy atom. The Bertz CT molecular complexity index is 1030. The number of non-ortho nitro benzene ring substituents is 1. The van der Waals surface area contributed by atoms with Gasteiger partial charge in [-0.2, -0.15) is 0 Å². The second kappa shape index (κ2) is 8.92. The molecule has 11 nitrogen and oxygen atoms in total. The van der Waals surface area contributed by atoms with Crippen molar-refractivity contribution in [3.8, 4) is 23.0 Å². The number of ether oxygens (including phenoxy) is 1. The summed E-state index contributed by atoms with van der Waals surface area (Å²) in [7, 11) is 0. The van der Waals surface area contributed by atoms with Gasteiger partial charge in [0, 0.05) is 48.4 Å². The monoisotopic (exact) mass is 415 g/mol. The van der Waals surface area contributed by atoms with Crippen LogP contribution in [0.3, 0.4) is 0 Å². The van der Waals surface area contributed by atoms with Crippen molar-refractivity contribution >= 4 is 11.6 Å². The van der Waals surface area contributed by atoms with Crippen molar-refractivity contribution in [1.82, 2.24) is 10.5 Å². The Morgan fingerprint density at radius 1 is 1.23 bits per heavy atom. The fourth-order valence-electron chi connectivity index (χ4n) is 2.75. The van der Waals surface area contributed by atoms with Gasteiger partial charge in [-0.3, -0.25) is 14.9 Å². The first-order valence-corrected chi connectivity index (χ1v) is 8.66. The number of hydrogen-bond donors (Lipinski definition) is 4. The summed E-state index contributed by atoms with van der Waals surface area (Å²) in [4.78, 5) is 22.3. The zero-order valence-corrected chi connectivity index (χ0v) is 15.4. The maximum atomic E-state index is 12.1. The molecule has 1 unspecified atom stereocenters. The van der Waals surface area contributed by atoms with Gasteiger partial charge in [-0.25, -0.2) is 0 Å². The van der Waals surface area contributed by atoms with Crippen molar-refractivity contribution in [2.75, 3.05) is 13.2 Å². The lowest BCUT2D eigenvalue weighted by Gasteiger charge is -2.20. The summed E-state index contributed by atoms with van der Waals surface area (Å²) in [5.41, 5.74) is 0.0446. The van der Waals surface area contributed by atoms with Gasteiger partial charge < -0.3 is 29.9 Å². The Labute approximate surface area is 169 Å². The van der Waals surface area contributed by atoms with Crippen LogP contribution in [0.15, 0.2) is 53.3 Å². The number of carbonyl (C=O) groups is 1. The predicted molar refractivity (Wildman–Crippen MR) is 102 cm³/mol. The molecule has 0 aliphatic carbocycles. The van der Waals surface area contributed by atoms with E-state index < -0.39 is 23.4 Å². The molecule has 0 saturated carbocycles. The quantitative estimate of drug-likeness (QED) is 0.318. The van der Waals surface area contributed by atoms with Crippen LogP contribution < -0.4 is 10.1 Å². The zero-order chi connectivity index (χ0) is 21.7. The van der Waals surface area contributed by atoms with E-state index >= 15 is 0 Å². The molecule has 1 amide bonds. The maximum Gasteiger partial charge on any atom is 0.273 e. The fourth-order valence-corrected chi connectivity index (χ4v) is 2.75. The Morgan fingerprint density at radius 2 is 1.97 bits per heavy atom. The molecule has 0 spiro atoms. The molecule has 0 aliphatic rings. The first-order chi connectivity index (χ1) is 14.4. The highest BCUT2D eigenvalue weighted by Crippen LogP contribution is 2.40. The summed E-state index contributed by atoms with van der Waals surface area (Å²) < 4.78 is 10.3. The number of phenols is 2. The molecule has 3 aromatic rings. The molecule has 0 saturated heterocycles. The van der Waals surface area contributed by atoms with Crippen molar-refractivity contribution in [3.63, 3.8) is 0 Å². The van der Waals surface area contributed by atoms with Crippen molar-refractivity contribution in [2.45, 2.75) is 5.92 Å². The largest absolute Gasteiger partial charge is 0.508 e. The molecule has 0 radical (unpaired) electrons. The van der Waals surface area contributed by atoms with Crippen molar-refractivity contribution in [2.24, 2.45) is 0 Å². The number of nitro benzene ring substituents is 1. The van der Waals surface area contributed by atoms with Crippen LogP contribution in [0.25, 0.3) is 0 Å². The van der Waals surface area contributed by atoms with Crippen LogP contribution in [-0.4, -0.2) is 44.5 Å². The highest BCUT2D eigenvalue weighted by atomic mass is 16.6. The molecule has 0 fully saturated rings. The summed E-state index contributed by atoms with van der Waals surface area (Å²) in [6, 6.07) is 8.83. The van der Waals surface area contributed by atoms with E-state index in [1.165, 1.54) is 42.7 Å². The van der Waals surface area contributed by atoms with Crippen LogP contribution in [0.4, 0.5) is 5.69 Å². The number of benzene rings is 2. The number of nitro groups is 1. The van der Waals surface area contributed by atoms with Gasteiger partial charge in [-0.05, 0) is 12.1 Å². The first-order valence-electron chi connectivity index (χ1n) is 8.66. The Hall–Kier alpha value is -4.12. The van der Waals surface area contributed by atoms with Gasteiger partial charge in [-0.1, -0.05) is 5.16 Å². The second-order valence-corrected chi connectivity index (χ2v) is 6.20. The minimum absolute atomic E-state index is 0.0103. The van der Waals surface area contributed by atoms with Crippen molar-refractivity contribution in [1.29, 1.82) is 0 Å².